The van der Waals surface area contributed by atoms with Crippen LogP contribution in [0.3, 0.4) is 0 Å². The van der Waals surface area contributed by atoms with Crippen LogP contribution in [0.25, 0.3) is 0 Å². The van der Waals surface area contributed by atoms with Crippen LogP contribution in [0.4, 0.5) is 10.1 Å². The van der Waals surface area contributed by atoms with Gasteiger partial charge in [-0.25, -0.2) is 4.39 Å². The summed E-state index contributed by atoms with van der Waals surface area (Å²) in [6.07, 6.45) is 0. The highest BCUT2D eigenvalue weighted by molar-refractivity contribution is 8.13. The number of phenolic OH excluding ortho intramolecular Hbond substituents is 1. The monoisotopic (exact) mass is 269 g/mol. The van der Waals surface area contributed by atoms with Crippen molar-refractivity contribution in [1.29, 1.82) is 0 Å². The fourth-order valence-corrected chi connectivity index (χ4v) is 1.41. The van der Waals surface area contributed by atoms with Gasteiger partial charge in [0.2, 0.25) is 0 Å². The van der Waals surface area contributed by atoms with Crippen LogP contribution in [-0.4, -0.2) is 20.9 Å². The zero-order valence-electron chi connectivity index (χ0n) is 9.27. The van der Waals surface area contributed by atoms with Crippen LogP contribution >= 0.6 is 11.8 Å². The first-order valence-corrected chi connectivity index (χ1v) is 5.69. The molecule has 94 valence electrons. The lowest BCUT2D eigenvalue weighted by atomic mass is 10.2. The molecule has 0 unspecified atom stereocenters. The molecular formula is C11H8FNO4S. The molecule has 0 radical (unpaired) electrons. The van der Waals surface area contributed by atoms with Gasteiger partial charge in [0, 0.05) is 19.1 Å². The Morgan fingerprint density at radius 2 is 2.28 bits per heavy atom. The Balaban J connectivity index is 2.98. The van der Waals surface area contributed by atoms with E-state index in [9.17, 15) is 19.3 Å². The number of carbonyl (C=O) groups is 1. The quantitative estimate of drug-likeness (QED) is 0.505. The van der Waals surface area contributed by atoms with E-state index in [1.54, 1.807) is 0 Å². The summed E-state index contributed by atoms with van der Waals surface area (Å²) in [5, 5.41) is 19.6. The van der Waals surface area contributed by atoms with Gasteiger partial charge in [-0.05, 0) is 0 Å². The molecule has 0 atom stereocenters. The molecule has 0 aromatic heterocycles. The Bertz CT molecular complexity index is 562. The number of benzene rings is 1. The molecule has 1 aromatic carbocycles. The van der Waals surface area contributed by atoms with Gasteiger partial charge in [0.15, 0.2) is 10.9 Å². The molecule has 0 fully saturated rings. The van der Waals surface area contributed by atoms with Crippen molar-refractivity contribution in [2.24, 2.45) is 0 Å². The summed E-state index contributed by atoms with van der Waals surface area (Å²) in [6, 6.07) is 1.50. The van der Waals surface area contributed by atoms with Gasteiger partial charge in [-0.1, -0.05) is 23.6 Å². The molecule has 0 heterocycles. The number of carbonyl (C=O) groups excluding carboxylic acids is 1. The zero-order chi connectivity index (χ0) is 13.7. The number of phenols is 1. The highest BCUT2D eigenvalue weighted by Gasteiger charge is 2.16. The number of hydrogen-bond donors (Lipinski definition) is 1. The molecule has 0 spiro atoms. The first kappa shape index (κ1) is 14.0. The van der Waals surface area contributed by atoms with Crippen LogP contribution in [0.5, 0.6) is 5.75 Å². The van der Waals surface area contributed by atoms with E-state index >= 15 is 0 Å². The summed E-state index contributed by atoms with van der Waals surface area (Å²) in [5.41, 5.74) is -0.802. The van der Waals surface area contributed by atoms with Gasteiger partial charge >= 0.3 is 5.69 Å². The fraction of sp³-hybridized carbons (Fsp3) is 0.182. The van der Waals surface area contributed by atoms with Crippen LogP contribution < -0.4 is 0 Å². The van der Waals surface area contributed by atoms with Crippen molar-refractivity contribution in [3.8, 4) is 17.6 Å². The minimum atomic E-state index is -0.849. The van der Waals surface area contributed by atoms with Crippen LogP contribution in [0, 0.1) is 27.8 Å². The lowest BCUT2D eigenvalue weighted by molar-refractivity contribution is -0.385. The molecule has 0 aliphatic rings. The van der Waals surface area contributed by atoms with Crippen molar-refractivity contribution in [3.63, 3.8) is 0 Å². The first-order valence-electron chi connectivity index (χ1n) is 4.71. The number of thioether (sulfide) groups is 1. The van der Waals surface area contributed by atoms with Crippen molar-refractivity contribution in [2.45, 2.75) is 6.92 Å². The SMILES string of the molecule is CC(=O)SCC#Cc1cc([N+](=O)[O-])c(O)cc1F. The maximum atomic E-state index is 13.3. The number of aromatic hydroxyl groups is 1. The molecule has 1 aromatic rings. The predicted octanol–water partition coefficient (Wildman–Crippen LogP) is 2.07. The van der Waals surface area contributed by atoms with Crippen molar-refractivity contribution in [2.75, 3.05) is 5.75 Å². The van der Waals surface area contributed by atoms with Gasteiger partial charge in [-0.3, -0.25) is 14.9 Å². The topological polar surface area (TPSA) is 80.4 Å². The van der Waals surface area contributed by atoms with Crippen LogP contribution in [0.15, 0.2) is 12.1 Å². The lowest BCUT2D eigenvalue weighted by Crippen LogP contribution is -1.92. The zero-order valence-corrected chi connectivity index (χ0v) is 10.1. The average Bonchev–Trinajstić information content (AvgIpc) is 2.25. The predicted molar refractivity (Wildman–Crippen MR) is 64.7 cm³/mol. The van der Waals surface area contributed by atoms with Crippen LogP contribution in [0.2, 0.25) is 0 Å². The summed E-state index contributed by atoms with van der Waals surface area (Å²) in [7, 11) is 0. The second kappa shape index (κ2) is 6.02. The van der Waals surface area contributed by atoms with E-state index < -0.39 is 22.2 Å². The van der Waals surface area contributed by atoms with E-state index in [0.29, 0.717) is 6.07 Å². The van der Waals surface area contributed by atoms with Crippen LogP contribution in [0.1, 0.15) is 12.5 Å². The van der Waals surface area contributed by atoms with E-state index in [1.807, 2.05) is 0 Å². The molecule has 7 heteroatoms. The number of nitrogens with zero attached hydrogens (tertiary/aromatic N) is 1. The molecule has 0 aliphatic carbocycles. The number of halogens is 1. The maximum Gasteiger partial charge on any atom is 0.312 e. The highest BCUT2D eigenvalue weighted by Crippen LogP contribution is 2.28. The standard InChI is InChI=1S/C11H8FNO4S/c1-7(14)18-4-2-3-8-5-10(13(16)17)11(15)6-9(8)12/h5-6,15H,4H2,1H3. The molecule has 0 bridgehead atoms. The van der Waals surface area contributed by atoms with Gasteiger partial charge in [0.25, 0.3) is 0 Å². The smallest absolute Gasteiger partial charge is 0.312 e. The number of nitro benzene ring substituents is 1. The first-order chi connectivity index (χ1) is 8.41. The van der Waals surface area contributed by atoms with Gasteiger partial charge in [0.05, 0.1) is 16.2 Å². The van der Waals surface area contributed by atoms with E-state index in [0.717, 1.165) is 17.8 Å². The number of nitro groups is 1. The van der Waals surface area contributed by atoms with Crippen molar-refractivity contribution in [3.05, 3.63) is 33.6 Å². The Morgan fingerprint density at radius 1 is 1.61 bits per heavy atom. The van der Waals surface area contributed by atoms with E-state index in [1.165, 1.54) is 6.92 Å². The van der Waals surface area contributed by atoms with Gasteiger partial charge in [0.1, 0.15) is 5.82 Å². The molecule has 1 N–H and O–H groups in total. The normalized spacial score (nSPS) is 9.44. The fourth-order valence-electron chi connectivity index (χ4n) is 1.06. The third-order valence-electron chi connectivity index (χ3n) is 1.83. The Hall–Kier alpha value is -2.07. The second-order valence-corrected chi connectivity index (χ2v) is 4.31. The summed E-state index contributed by atoms with van der Waals surface area (Å²) in [6.45, 7) is 1.37. The molecule has 0 aliphatic heterocycles. The average molecular weight is 269 g/mol. The summed E-state index contributed by atoms with van der Waals surface area (Å²) in [4.78, 5) is 20.3. The summed E-state index contributed by atoms with van der Waals surface area (Å²) in [5.74, 6) is 3.46. The maximum absolute atomic E-state index is 13.3. The molecular weight excluding hydrogens is 261 g/mol. The molecule has 0 amide bonds. The van der Waals surface area contributed by atoms with E-state index in [4.69, 9.17) is 5.11 Å². The third-order valence-corrected chi connectivity index (χ3v) is 2.53. The van der Waals surface area contributed by atoms with E-state index in [-0.39, 0.29) is 16.4 Å². The largest absolute Gasteiger partial charge is 0.502 e. The van der Waals surface area contributed by atoms with Crippen molar-refractivity contribution >= 4 is 22.6 Å². The molecule has 0 saturated carbocycles. The minimum absolute atomic E-state index is 0.124. The second-order valence-electron chi connectivity index (χ2n) is 3.16. The van der Waals surface area contributed by atoms with Crippen molar-refractivity contribution in [1.82, 2.24) is 0 Å². The lowest BCUT2D eigenvalue weighted by Gasteiger charge is -1.98. The Labute approximate surface area is 106 Å². The van der Waals surface area contributed by atoms with Gasteiger partial charge in [-0.2, -0.15) is 0 Å². The van der Waals surface area contributed by atoms with Crippen molar-refractivity contribution < 1.29 is 19.2 Å². The highest BCUT2D eigenvalue weighted by atomic mass is 32.2. The summed E-state index contributed by atoms with van der Waals surface area (Å²) < 4.78 is 13.3. The van der Waals surface area contributed by atoms with E-state index in [2.05, 4.69) is 11.8 Å². The molecule has 0 saturated heterocycles. The molecule has 18 heavy (non-hydrogen) atoms. The molecule has 1 rings (SSSR count). The summed E-state index contributed by atoms with van der Waals surface area (Å²) >= 11 is 0.952. The van der Waals surface area contributed by atoms with Crippen LogP contribution in [-0.2, 0) is 4.79 Å². The Kier molecular flexibility index (Phi) is 4.68. The molecule has 5 nitrogen and oxygen atoms in total. The van der Waals surface area contributed by atoms with Gasteiger partial charge < -0.3 is 5.11 Å². The number of rotatable bonds is 2. The Morgan fingerprint density at radius 3 is 2.83 bits per heavy atom. The third kappa shape index (κ3) is 3.75. The number of hydrogen-bond acceptors (Lipinski definition) is 5. The van der Waals surface area contributed by atoms with Gasteiger partial charge in [-0.15, -0.1) is 0 Å². The minimum Gasteiger partial charge on any atom is -0.502 e.